The van der Waals surface area contributed by atoms with E-state index in [-0.39, 0.29) is 30.8 Å². The number of hydrogen-bond donors (Lipinski definition) is 1. The van der Waals surface area contributed by atoms with E-state index < -0.39 is 5.60 Å². The van der Waals surface area contributed by atoms with Gasteiger partial charge < -0.3 is 10.1 Å². The standard InChI is InChI=1S/C16H25NO3S/c1-11(2)15(12-7-6-10-21-12)17-13(18)8-9-14(19)20-16(3,4)5/h6-7,10-11,15H,8-9H2,1-5H3,(H,17,18). The molecule has 1 aromatic rings. The summed E-state index contributed by atoms with van der Waals surface area (Å²) in [6, 6.07) is 3.99. The lowest BCUT2D eigenvalue weighted by Crippen LogP contribution is -2.32. The summed E-state index contributed by atoms with van der Waals surface area (Å²) in [6.45, 7) is 9.58. The molecule has 1 heterocycles. The maximum Gasteiger partial charge on any atom is 0.306 e. The Morgan fingerprint density at radius 1 is 1.29 bits per heavy atom. The molecule has 0 saturated carbocycles. The number of carbonyl (C=O) groups is 2. The normalized spacial score (nSPS) is 13.0. The van der Waals surface area contributed by atoms with Crippen LogP contribution in [0.5, 0.6) is 0 Å². The molecular weight excluding hydrogens is 286 g/mol. The predicted octanol–water partition coefficient (Wildman–Crippen LogP) is 3.68. The van der Waals surface area contributed by atoms with Crippen molar-refractivity contribution in [2.75, 3.05) is 0 Å². The van der Waals surface area contributed by atoms with Gasteiger partial charge in [0.15, 0.2) is 0 Å². The van der Waals surface area contributed by atoms with Crippen LogP contribution in [0, 0.1) is 5.92 Å². The molecule has 0 fully saturated rings. The molecule has 1 unspecified atom stereocenters. The van der Waals surface area contributed by atoms with E-state index in [4.69, 9.17) is 4.74 Å². The van der Waals surface area contributed by atoms with Gasteiger partial charge in [-0.25, -0.2) is 0 Å². The molecule has 1 N–H and O–H groups in total. The minimum Gasteiger partial charge on any atom is -0.460 e. The first-order valence-electron chi connectivity index (χ1n) is 7.23. The van der Waals surface area contributed by atoms with Crippen LogP contribution < -0.4 is 5.32 Å². The van der Waals surface area contributed by atoms with Crippen LogP contribution in [0.2, 0.25) is 0 Å². The molecule has 1 aromatic heterocycles. The number of ether oxygens (including phenoxy) is 1. The lowest BCUT2D eigenvalue weighted by Gasteiger charge is -2.22. The average Bonchev–Trinajstić information content (AvgIpc) is 2.84. The molecule has 0 spiro atoms. The number of carbonyl (C=O) groups excluding carboxylic acids is 2. The van der Waals surface area contributed by atoms with Crippen LogP contribution in [0.4, 0.5) is 0 Å². The van der Waals surface area contributed by atoms with Crippen molar-refractivity contribution in [1.82, 2.24) is 5.32 Å². The van der Waals surface area contributed by atoms with E-state index in [2.05, 4.69) is 19.2 Å². The fourth-order valence-electron chi connectivity index (χ4n) is 1.89. The fourth-order valence-corrected chi connectivity index (χ4v) is 2.84. The van der Waals surface area contributed by atoms with Gasteiger partial charge in [-0.15, -0.1) is 11.3 Å². The Morgan fingerprint density at radius 3 is 2.43 bits per heavy atom. The molecule has 0 bridgehead atoms. The monoisotopic (exact) mass is 311 g/mol. The first-order valence-corrected chi connectivity index (χ1v) is 8.11. The van der Waals surface area contributed by atoms with Gasteiger partial charge in [0.2, 0.25) is 5.91 Å². The molecule has 1 rings (SSSR count). The van der Waals surface area contributed by atoms with Crippen LogP contribution in [0.1, 0.15) is 58.4 Å². The second-order valence-corrected chi connectivity index (χ2v) is 7.37. The van der Waals surface area contributed by atoms with Crippen molar-refractivity contribution in [2.24, 2.45) is 5.92 Å². The summed E-state index contributed by atoms with van der Waals surface area (Å²) < 4.78 is 5.20. The van der Waals surface area contributed by atoms with E-state index in [9.17, 15) is 9.59 Å². The van der Waals surface area contributed by atoms with Gasteiger partial charge >= 0.3 is 5.97 Å². The Labute approximate surface area is 130 Å². The van der Waals surface area contributed by atoms with Crippen LogP contribution in [0.25, 0.3) is 0 Å². The zero-order valence-corrected chi connectivity index (χ0v) is 14.3. The minimum atomic E-state index is -0.509. The van der Waals surface area contributed by atoms with Gasteiger partial charge in [0.1, 0.15) is 5.60 Å². The first-order chi connectivity index (χ1) is 9.69. The second-order valence-electron chi connectivity index (χ2n) is 6.39. The molecule has 4 nitrogen and oxygen atoms in total. The Bertz CT molecular complexity index is 460. The molecule has 1 atom stereocenters. The molecule has 118 valence electrons. The van der Waals surface area contributed by atoms with E-state index in [1.165, 1.54) is 0 Å². The van der Waals surface area contributed by atoms with Crippen LogP contribution in [0.3, 0.4) is 0 Å². The van der Waals surface area contributed by atoms with Crippen molar-refractivity contribution in [1.29, 1.82) is 0 Å². The summed E-state index contributed by atoms with van der Waals surface area (Å²) >= 11 is 1.63. The van der Waals surface area contributed by atoms with Gasteiger partial charge in [-0.3, -0.25) is 9.59 Å². The Kier molecular flexibility index (Phi) is 6.40. The van der Waals surface area contributed by atoms with E-state index >= 15 is 0 Å². The summed E-state index contributed by atoms with van der Waals surface area (Å²) in [6.07, 6.45) is 0.266. The molecule has 0 aliphatic rings. The summed E-state index contributed by atoms with van der Waals surface area (Å²) in [7, 11) is 0. The maximum absolute atomic E-state index is 12.0. The molecule has 1 amide bonds. The first kappa shape index (κ1) is 17.7. The van der Waals surface area contributed by atoms with Crippen molar-refractivity contribution < 1.29 is 14.3 Å². The third kappa shape index (κ3) is 6.76. The number of amides is 1. The summed E-state index contributed by atoms with van der Waals surface area (Å²) in [4.78, 5) is 24.8. The highest BCUT2D eigenvalue weighted by Crippen LogP contribution is 2.25. The Morgan fingerprint density at radius 2 is 1.95 bits per heavy atom. The highest BCUT2D eigenvalue weighted by Gasteiger charge is 2.21. The van der Waals surface area contributed by atoms with Gasteiger partial charge in [-0.2, -0.15) is 0 Å². The Hall–Kier alpha value is -1.36. The van der Waals surface area contributed by atoms with Crippen LogP contribution in [-0.4, -0.2) is 17.5 Å². The van der Waals surface area contributed by atoms with Gasteiger partial charge in [-0.05, 0) is 38.1 Å². The number of hydrogen-bond acceptors (Lipinski definition) is 4. The molecule has 21 heavy (non-hydrogen) atoms. The molecule has 0 aromatic carbocycles. The minimum absolute atomic E-state index is 0.00358. The number of nitrogens with one attached hydrogen (secondary N) is 1. The number of rotatable bonds is 6. The average molecular weight is 311 g/mol. The highest BCUT2D eigenvalue weighted by molar-refractivity contribution is 7.10. The largest absolute Gasteiger partial charge is 0.460 e. The van der Waals surface area contributed by atoms with Gasteiger partial charge in [0.05, 0.1) is 12.5 Å². The van der Waals surface area contributed by atoms with Gasteiger partial charge in [0, 0.05) is 11.3 Å². The number of thiophene rings is 1. The zero-order chi connectivity index (χ0) is 16.0. The van der Waals surface area contributed by atoms with Crippen LogP contribution in [0.15, 0.2) is 17.5 Å². The summed E-state index contributed by atoms with van der Waals surface area (Å²) in [5, 5.41) is 5.00. The quantitative estimate of drug-likeness (QED) is 0.815. The zero-order valence-electron chi connectivity index (χ0n) is 13.4. The molecular formula is C16H25NO3S. The highest BCUT2D eigenvalue weighted by atomic mass is 32.1. The van der Waals surface area contributed by atoms with Gasteiger partial charge in [-0.1, -0.05) is 19.9 Å². The maximum atomic E-state index is 12.0. The molecule has 0 saturated heterocycles. The topological polar surface area (TPSA) is 55.4 Å². The van der Waals surface area contributed by atoms with Crippen molar-refractivity contribution in [2.45, 2.75) is 59.1 Å². The van der Waals surface area contributed by atoms with E-state index in [1.807, 2.05) is 38.3 Å². The van der Waals surface area contributed by atoms with E-state index in [1.54, 1.807) is 11.3 Å². The summed E-state index contributed by atoms with van der Waals surface area (Å²) in [5.74, 6) is -0.156. The molecule has 0 radical (unpaired) electrons. The van der Waals surface area contributed by atoms with Gasteiger partial charge in [0.25, 0.3) is 0 Å². The third-order valence-corrected chi connectivity index (χ3v) is 3.76. The van der Waals surface area contributed by atoms with Crippen LogP contribution in [-0.2, 0) is 14.3 Å². The smallest absolute Gasteiger partial charge is 0.306 e. The van der Waals surface area contributed by atoms with Crippen LogP contribution >= 0.6 is 11.3 Å². The molecule has 0 aliphatic heterocycles. The fraction of sp³-hybridized carbons (Fsp3) is 0.625. The van der Waals surface area contributed by atoms with Crippen molar-refractivity contribution in [3.05, 3.63) is 22.4 Å². The molecule has 0 aliphatic carbocycles. The molecule has 5 heteroatoms. The second kappa shape index (κ2) is 7.59. The number of esters is 1. The van der Waals surface area contributed by atoms with E-state index in [0.717, 1.165) is 4.88 Å². The lowest BCUT2D eigenvalue weighted by atomic mass is 10.0. The lowest BCUT2D eigenvalue weighted by molar-refractivity contribution is -0.155. The predicted molar refractivity (Wildman–Crippen MR) is 85.1 cm³/mol. The van der Waals surface area contributed by atoms with Crippen molar-refractivity contribution in [3.63, 3.8) is 0 Å². The van der Waals surface area contributed by atoms with E-state index in [0.29, 0.717) is 5.92 Å². The third-order valence-electron chi connectivity index (χ3n) is 2.81. The van der Waals surface area contributed by atoms with Crippen molar-refractivity contribution in [3.8, 4) is 0 Å². The summed E-state index contributed by atoms with van der Waals surface area (Å²) in [5.41, 5.74) is -0.509. The Balaban J connectivity index is 2.47. The SMILES string of the molecule is CC(C)C(NC(=O)CCC(=O)OC(C)(C)C)c1cccs1. The van der Waals surface area contributed by atoms with Crippen molar-refractivity contribution >= 4 is 23.2 Å².